The zero-order valence-corrected chi connectivity index (χ0v) is 35.0. The topological polar surface area (TPSA) is 192 Å². The summed E-state index contributed by atoms with van der Waals surface area (Å²) < 4.78 is 106. The third-order valence-corrected chi connectivity index (χ3v) is 13.6. The Balaban J connectivity index is 1.39. The fourth-order valence-corrected chi connectivity index (χ4v) is 9.24. The van der Waals surface area contributed by atoms with Crippen LogP contribution in [0.25, 0.3) is 10.9 Å². The first kappa shape index (κ1) is 44.7. The van der Waals surface area contributed by atoms with Crippen LogP contribution in [0.15, 0.2) is 30.4 Å². The van der Waals surface area contributed by atoms with Crippen molar-refractivity contribution in [2.75, 3.05) is 20.8 Å². The van der Waals surface area contributed by atoms with Crippen molar-refractivity contribution in [1.29, 1.82) is 0 Å². The second-order valence-corrected chi connectivity index (χ2v) is 18.6. The van der Waals surface area contributed by atoms with Crippen LogP contribution in [0.5, 0.6) is 17.4 Å². The number of hydrogen-bond donors (Lipinski definition) is 3. The zero-order valence-electron chi connectivity index (χ0n) is 34.2. The number of nitrogens with zero attached hydrogens (tertiary/aromatic N) is 2. The summed E-state index contributed by atoms with van der Waals surface area (Å²) in [7, 11) is -1.38. The number of carbonyl (C=O) groups excluding carboxylic acids is 4. The molecule has 3 heterocycles. The molecule has 20 heteroatoms. The second-order valence-electron chi connectivity index (χ2n) is 16.6. The minimum atomic E-state index is -4.94. The minimum absolute atomic E-state index is 0.0676. The lowest BCUT2D eigenvalue weighted by atomic mass is 9.85. The molecule has 4 aliphatic rings. The molecule has 3 N–H and O–H groups in total. The van der Waals surface area contributed by atoms with E-state index in [0.29, 0.717) is 52.4 Å². The molecule has 15 nitrogen and oxygen atoms in total. The number of alkyl halides is 3. The molecule has 6 rings (SSSR count). The van der Waals surface area contributed by atoms with Crippen molar-refractivity contribution in [1.82, 2.24) is 25.2 Å². The van der Waals surface area contributed by atoms with Crippen LogP contribution in [0.4, 0.5) is 22.4 Å². The summed E-state index contributed by atoms with van der Waals surface area (Å²) in [6, 6.07) is 0.982. The highest BCUT2D eigenvalue weighted by Crippen LogP contribution is 2.46. The lowest BCUT2D eigenvalue weighted by molar-refractivity contribution is -0.244. The van der Waals surface area contributed by atoms with Gasteiger partial charge in [-0.3, -0.25) is 19.1 Å². The van der Waals surface area contributed by atoms with E-state index in [9.17, 15) is 40.8 Å². The van der Waals surface area contributed by atoms with E-state index in [0.717, 1.165) is 11.0 Å². The summed E-state index contributed by atoms with van der Waals surface area (Å²) in [6.45, 7) is 4.73. The number of rotatable bonds is 10. The number of pyridine rings is 1. The molecular weight excluding hydrogens is 819 g/mol. The molecule has 0 spiro atoms. The number of aromatic nitrogens is 1. The molecule has 1 aromatic heterocycles. The van der Waals surface area contributed by atoms with E-state index in [1.165, 1.54) is 26.4 Å². The first-order valence-electron chi connectivity index (χ1n) is 19.9. The molecule has 2 aromatic rings. The first-order chi connectivity index (χ1) is 28.1. The van der Waals surface area contributed by atoms with E-state index in [1.54, 1.807) is 13.0 Å². The average Bonchev–Trinajstić information content (AvgIpc) is 4.10. The summed E-state index contributed by atoms with van der Waals surface area (Å²) in [5.41, 5.74) is -4.37. The van der Waals surface area contributed by atoms with E-state index in [4.69, 9.17) is 18.9 Å². The number of methoxy groups -OCH3 is 2. The number of amides is 4. The maximum atomic E-state index is 15.0. The van der Waals surface area contributed by atoms with E-state index < -0.39 is 92.2 Å². The van der Waals surface area contributed by atoms with E-state index in [1.807, 2.05) is 13.0 Å². The molecule has 0 radical (unpaired) electrons. The van der Waals surface area contributed by atoms with Crippen molar-refractivity contribution >= 4 is 44.7 Å². The first-order valence-corrected chi connectivity index (χ1v) is 21.5. The Morgan fingerprint density at radius 3 is 2.40 bits per heavy atom. The van der Waals surface area contributed by atoms with Gasteiger partial charge in [-0.1, -0.05) is 32.4 Å². The fraction of sp³-hybridized carbons (Fsp3) is 0.625. The summed E-state index contributed by atoms with van der Waals surface area (Å²) in [5, 5.41) is 4.62. The van der Waals surface area contributed by atoms with Gasteiger partial charge in [0, 0.05) is 29.9 Å². The maximum Gasteiger partial charge on any atom is 0.427 e. The molecule has 7 atom stereocenters. The Morgan fingerprint density at radius 2 is 1.77 bits per heavy atom. The van der Waals surface area contributed by atoms with Crippen LogP contribution >= 0.6 is 0 Å². The molecule has 3 fully saturated rings. The van der Waals surface area contributed by atoms with Crippen LogP contribution in [0.2, 0.25) is 0 Å². The molecule has 1 unspecified atom stereocenters. The number of benzene rings is 1. The second kappa shape index (κ2) is 16.9. The number of fused-ring (bicyclic) bond motifs is 3. The van der Waals surface area contributed by atoms with Gasteiger partial charge in [-0.25, -0.2) is 22.6 Å². The highest BCUT2D eigenvalue weighted by Gasteiger charge is 2.62. The van der Waals surface area contributed by atoms with Crippen molar-refractivity contribution < 1.29 is 64.1 Å². The van der Waals surface area contributed by atoms with Gasteiger partial charge in [0.1, 0.15) is 29.5 Å². The summed E-state index contributed by atoms with van der Waals surface area (Å²) in [4.78, 5) is 62.0. The highest BCUT2D eigenvalue weighted by molar-refractivity contribution is 7.91. The molecule has 1 saturated heterocycles. The normalized spacial score (nSPS) is 28.3. The molecule has 4 amide bonds. The molecule has 0 bridgehead atoms. The zero-order chi connectivity index (χ0) is 43.9. The smallest absolute Gasteiger partial charge is 0.427 e. The standard InChI is InChI=1S/C40H51F4N5O10S/c1-7-22-14-21(2)10-8-9-11-23-19-39(23,36(52)48-60(54,55)25-12-13-25)47-34(50)29-15-24(20-49(29)35(51)33(22)46-37(53)59-38(3,4)40(42,43)44)58-30-18-32(57-6)45-28-17-31(56-5)27(41)16-26(28)30/h9,11,16-18,21-25,29,33H,7-8,10,12-15,19-20H2,1-6H3,(H,46,53)(H,47,50)(H,48,52)/b11-9-/t21-,22-,23?,24-,29+,33+,39-/m1/s1. The predicted octanol–water partition coefficient (Wildman–Crippen LogP) is 5.06. The number of nitrogens with one attached hydrogen (secondary N) is 3. The van der Waals surface area contributed by atoms with Gasteiger partial charge in [0.25, 0.3) is 5.91 Å². The Morgan fingerprint density at radius 1 is 1.05 bits per heavy atom. The molecule has 60 heavy (non-hydrogen) atoms. The Bertz CT molecular complexity index is 2150. The van der Waals surface area contributed by atoms with Gasteiger partial charge in [0.15, 0.2) is 11.6 Å². The quantitative estimate of drug-likeness (QED) is 0.214. The van der Waals surface area contributed by atoms with E-state index >= 15 is 4.39 Å². The number of hydrogen-bond acceptors (Lipinski definition) is 11. The molecule has 2 aliphatic heterocycles. The van der Waals surface area contributed by atoms with Gasteiger partial charge in [0.2, 0.25) is 33.3 Å². The van der Waals surface area contributed by atoms with Gasteiger partial charge in [-0.15, -0.1) is 0 Å². The molecule has 2 aliphatic carbocycles. The highest BCUT2D eigenvalue weighted by atomic mass is 32.2. The van der Waals surface area contributed by atoms with E-state index in [2.05, 4.69) is 20.3 Å². The van der Waals surface area contributed by atoms with Crippen molar-refractivity contribution in [3.05, 3.63) is 36.2 Å². The van der Waals surface area contributed by atoms with Crippen molar-refractivity contribution in [2.24, 2.45) is 17.8 Å². The number of sulfonamides is 1. The number of alkyl carbamates (subject to hydrolysis) is 1. The lowest BCUT2D eigenvalue weighted by Crippen LogP contribution is -2.59. The van der Waals surface area contributed by atoms with Crippen LogP contribution in [0.1, 0.15) is 79.1 Å². The van der Waals surface area contributed by atoms with Crippen molar-refractivity contribution in [2.45, 2.75) is 120 Å². The predicted molar refractivity (Wildman–Crippen MR) is 208 cm³/mol. The summed E-state index contributed by atoms with van der Waals surface area (Å²) >= 11 is 0. The minimum Gasteiger partial charge on any atom is -0.494 e. The van der Waals surface area contributed by atoms with Crippen LogP contribution in [0.3, 0.4) is 0 Å². The summed E-state index contributed by atoms with van der Waals surface area (Å²) in [5.74, 6) is -4.57. The van der Waals surface area contributed by atoms with Gasteiger partial charge in [-0.2, -0.15) is 13.2 Å². The van der Waals surface area contributed by atoms with Crippen molar-refractivity contribution in [3.63, 3.8) is 0 Å². The van der Waals surface area contributed by atoms with Gasteiger partial charge in [-0.05, 0) is 70.3 Å². The van der Waals surface area contributed by atoms with E-state index in [-0.39, 0.29) is 53.6 Å². The average molecular weight is 870 g/mol. The lowest BCUT2D eigenvalue weighted by Gasteiger charge is -2.35. The number of allylic oxidation sites excluding steroid dienone is 1. The third kappa shape index (κ3) is 9.37. The molecular formula is C40H51F4N5O10S. The molecule has 2 saturated carbocycles. The Labute approximate surface area is 345 Å². The van der Waals surface area contributed by atoms with Crippen LogP contribution in [0, 0.1) is 23.6 Å². The Kier molecular flexibility index (Phi) is 12.6. The number of halogens is 4. The van der Waals surface area contributed by atoms with Crippen LogP contribution in [-0.4, -0.2) is 104 Å². The number of carbonyl (C=O) groups is 4. The van der Waals surface area contributed by atoms with Crippen LogP contribution < -0.4 is 29.6 Å². The van der Waals surface area contributed by atoms with Gasteiger partial charge in [0.05, 0.1) is 31.5 Å². The largest absolute Gasteiger partial charge is 0.494 e. The fourth-order valence-electron chi connectivity index (χ4n) is 7.87. The van der Waals surface area contributed by atoms with Crippen LogP contribution in [-0.2, 0) is 29.1 Å². The van der Waals surface area contributed by atoms with Gasteiger partial charge < -0.3 is 34.5 Å². The SMILES string of the molecule is CC[C@@H]1C[C@H](C)CC/C=C\C2C[C@@]2(C(=O)NS(=O)(=O)C2CC2)NC(=O)[C@@H]2C[C@@H](Oc3cc(OC)nc4cc(OC)c(F)cc34)CN2C(=O)[C@H]1NC(=O)OC(C)(C)C(F)(F)F. The summed E-state index contributed by atoms with van der Waals surface area (Å²) in [6.07, 6.45) is -1.47. The monoisotopic (exact) mass is 869 g/mol. The maximum absolute atomic E-state index is 15.0. The Hall–Kier alpha value is -4.88. The molecule has 330 valence electrons. The number of ether oxygens (including phenoxy) is 4. The third-order valence-electron chi connectivity index (χ3n) is 11.8. The van der Waals surface area contributed by atoms with Gasteiger partial charge >= 0.3 is 12.3 Å². The molecule has 1 aromatic carbocycles. The van der Waals surface area contributed by atoms with Crippen molar-refractivity contribution in [3.8, 4) is 17.4 Å².